The summed E-state index contributed by atoms with van der Waals surface area (Å²) in [7, 11) is 0. The third-order valence-corrected chi connectivity index (χ3v) is 18.3. The molecule has 6 heterocycles. The standard InChI is InChI=1S/C32H46O3.C22H38O5/c1-3-29(21-33-22-29)31(25-13-5-6-14-25,26-15-7-8-16-26)35-32(27-17-9-10-18-27,28-19-11-12-20-28)30(4-2)23-34-24-30;1-3-21(13-23-14-21)19(11-17-7-5-9-25-17)27-20(12-18-8-6-10-26-18)22(4-2)15-24-16-22/h13,15,17,19H,3-12,14,16,18,20-24H2,1-2H3;17-20H,3-16H2,1-2H3. The minimum atomic E-state index is -0.350. The van der Waals surface area contributed by atoms with Gasteiger partial charge in [0.25, 0.3) is 0 Å². The average Bonchev–Trinajstić information content (AvgIpc) is 4.08. The molecule has 6 aliphatic heterocycles. The summed E-state index contributed by atoms with van der Waals surface area (Å²) in [4.78, 5) is 0. The summed E-state index contributed by atoms with van der Waals surface area (Å²) in [5.41, 5.74) is 5.96. The Labute approximate surface area is 375 Å². The molecule has 4 unspecified atom stereocenters. The van der Waals surface area contributed by atoms with E-state index in [1.165, 1.54) is 103 Å². The molecule has 348 valence electrons. The minimum absolute atomic E-state index is 0.0302. The van der Waals surface area contributed by atoms with Gasteiger partial charge in [0.05, 0.1) is 88.1 Å². The summed E-state index contributed by atoms with van der Waals surface area (Å²) < 4.78 is 50.9. The van der Waals surface area contributed by atoms with Crippen molar-refractivity contribution in [2.75, 3.05) is 66.1 Å². The van der Waals surface area contributed by atoms with Gasteiger partial charge in [-0.05, 0) is 151 Å². The van der Waals surface area contributed by atoms with Gasteiger partial charge in [0, 0.05) is 36.9 Å². The van der Waals surface area contributed by atoms with Gasteiger partial charge < -0.3 is 37.9 Å². The summed E-state index contributed by atoms with van der Waals surface area (Å²) in [6.45, 7) is 17.7. The van der Waals surface area contributed by atoms with Gasteiger partial charge in [-0.3, -0.25) is 0 Å². The molecule has 8 nitrogen and oxygen atoms in total. The molecule has 0 bridgehead atoms. The van der Waals surface area contributed by atoms with Crippen molar-refractivity contribution in [3.63, 3.8) is 0 Å². The Morgan fingerprint density at radius 2 is 0.855 bits per heavy atom. The van der Waals surface area contributed by atoms with Crippen LogP contribution in [0.4, 0.5) is 0 Å². The van der Waals surface area contributed by atoms with E-state index in [0.29, 0.717) is 12.2 Å². The van der Waals surface area contributed by atoms with Crippen LogP contribution in [0.3, 0.4) is 0 Å². The molecule has 6 saturated heterocycles. The summed E-state index contributed by atoms with van der Waals surface area (Å²) in [6, 6.07) is 0. The van der Waals surface area contributed by atoms with Gasteiger partial charge in [-0.15, -0.1) is 0 Å². The van der Waals surface area contributed by atoms with Crippen LogP contribution >= 0.6 is 0 Å². The number of ether oxygens (including phenoxy) is 8. The summed E-state index contributed by atoms with van der Waals surface area (Å²) in [5.74, 6) is 0. The van der Waals surface area contributed by atoms with E-state index in [2.05, 4.69) is 52.0 Å². The lowest BCUT2D eigenvalue weighted by atomic mass is 9.57. The SMILES string of the molecule is CCC1(C(CC2CCCO2)OC(CC2CCCO2)C2(CC)COC2)COC1.CCC1(C(OC(C2=CCCC2)(C2=CCCC2)C2(CC)COC2)(C2=CCCC2)C2=CCCC2)COC1. The van der Waals surface area contributed by atoms with E-state index in [1.54, 1.807) is 22.3 Å². The fourth-order valence-corrected chi connectivity index (χ4v) is 13.7. The van der Waals surface area contributed by atoms with Gasteiger partial charge >= 0.3 is 0 Å². The molecule has 62 heavy (non-hydrogen) atoms. The van der Waals surface area contributed by atoms with Crippen LogP contribution in [-0.4, -0.2) is 102 Å². The van der Waals surface area contributed by atoms with Gasteiger partial charge in [-0.25, -0.2) is 0 Å². The predicted molar refractivity (Wildman–Crippen MR) is 244 cm³/mol. The average molecular weight is 861 g/mol. The highest BCUT2D eigenvalue weighted by Crippen LogP contribution is 2.64. The molecule has 4 atom stereocenters. The highest BCUT2D eigenvalue weighted by molar-refractivity contribution is 5.48. The van der Waals surface area contributed by atoms with Crippen molar-refractivity contribution in [3.05, 3.63) is 46.6 Å². The van der Waals surface area contributed by atoms with E-state index in [4.69, 9.17) is 37.9 Å². The first kappa shape index (κ1) is 45.8. The molecular weight excluding hydrogens is 777 g/mol. The number of allylic oxidation sites excluding steroid dienone is 4. The first-order valence-corrected chi connectivity index (χ1v) is 26.0. The van der Waals surface area contributed by atoms with Crippen molar-refractivity contribution in [2.45, 2.75) is 205 Å². The normalized spacial score (nSPS) is 30.5. The monoisotopic (exact) mass is 861 g/mol. The van der Waals surface area contributed by atoms with Crippen LogP contribution in [0, 0.1) is 21.7 Å². The van der Waals surface area contributed by atoms with Crippen molar-refractivity contribution < 1.29 is 37.9 Å². The van der Waals surface area contributed by atoms with E-state index >= 15 is 0 Å². The Hall–Kier alpha value is -1.36. The zero-order valence-corrected chi connectivity index (χ0v) is 39.5. The van der Waals surface area contributed by atoms with Crippen molar-refractivity contribution in [1.82, 2.24) is 0 Å². The van der Waals surface area contributed by atoms with Gasteiger partial charge in [0.1, 0.15) is 11.2 Å². The second kappa shape index (κ2) is 19.5. The quantitative estimate of drug-likeness (QED) is 0.112. The van der Waals surface area contributed by atoms with E-state index < -0.39 is 0 Å². The molecule has 0 saturated carbocycles. The van der Waals surface area contributed by atoms with Crippen LogP contribution in [0.2, 0.25) is 0 Å². The molecular formula is C54H84O8. The Balaban J connectivity index is 0.000000164. The van der Waals surface area contributed by atoms with Crippen LogP contribution in [0.1, 0.15) is 169 Å². The molecule has 0 amide bonds. The second-order valence-corrected chi connectivity index (χ2v) is 21.5. The third-order valence-electron chi connectivity index (χ3n) is 18.3. The van der Waals surface area contributed by atoms with Gasteiger partial charge in [-0.1, -0.05) is 52.0 Å². The van der Waals surface area contributed by atoms with Crippen molar-refractivity contribution in [1.29, 1.82) is 0 Å². The van der Waals surface area contributed by atoms with Gasteiger partial charge in [-0.2, -0.15) is 0 Å². The van der Waals surface area contributed by atoms with Crippen LogP contribution < -0.4 is 0 Å². The number of rotatable bonds is 20. The summed E-state index contributed by atoms with van der Waals surface area (Å²) >= 11 is 0. The first-order valence-electron chi connectivity index (χ1n) is 26.0. The lowest BCUT2D eigenvalue weighted by Gasteiger charge is -2.64. The maximum Gasteiger partial charge on any atom is 0.122 e. The van der Waals surface area contributed by atoms with E-state index in [1.807, 2.05) is 0 Å². The molecule has 10 rings (SSSR count). The number of hydrogen-bond acceptors (Lipinski definition) is 8. The fraction of sp³-hybridized carbons (Fsp3) is 0.852. The van der Waals surface area contributed by atoms with Crippen molar-refractivity contribution >= 4 is 0 Å². The predicted octanol–water partition coefficient (Wildman–Crippen LogP) is 11.5. The molecule has 4 aliphatic carbocycles. The molecule has 0 aromatic rings. The lowest BCUT2D eigenvalue weighted by Crippen LogP contribution is -2.70. The Morgan fingerprint density at radius 1 is 0.500 bits per heavy atom. The van der Waals surface area contributed by atoms with Crippen LogP contribution in [0.15, 0.2) is 46.6 Å². The zero-order valence-electron chi connectivity index (χ0n) is 39.5. The summed E-state index contributed by atoms with van der Waals surface area (Å²) in [6.07, 6.45) is 37.0. The Kier molecular flexibility index (Phi) is 14.4. The molecule has 8 heteroatoms. The smallest absolute Gasteiger partial charge is 0.122 e. The highest BCUT2D eigenvalue weighted by atomic mass is 16.6. The maximum atomic E-state index is 8.32. The molecule has 6 fully saturated rings. The van der Waals surface area contributed by atoms with Crippen LogP contribution in [-0.2, 0) is 37.9 Å². The fourth-order valence-electron chi connectivity index (χ4n) is 13.7. The van der Waals surface area contributed by atoms with Crippen molar-refractivity contribution in [2.24, 2.45) is 21.7 Å². The lowest BCUT2D eigenvalue weighted by molar-refractivity contribution is -0.288. The van der Waals surface area contributed by atoms with Crippen LogP contribution in [0.5, 0.6) is 0 Å². The maximum absolute atomic E-state index is 8.32. The highest BCUT2D eigenvalue weighted by Gasteiger charge is 2.68. The van der Waals surface area contributed by atoms with E-state index in [9.17, 15) is 0 Å². The molecule has 0 aromatic heterocycles. The van der Waals surface area contributed by atoms with Crippen LogP contribution in [0.25, 0.3) is 0 Å². The van der Waals surface area contributed by atoms with Gasteiger partial charge in [0.15, 0.2) is 0 Å². The zero-order chi connectivity index (χ0) is 42.7. The molecule has 10 aliphatic rings. The van der Waals surface area contributed by atoms with E-state index in [0.717, 1.165) is 105 Å². The second-order valence-electron chi connectivity index (χ2n) is 21.5. The molecule has 0 spiro atoms. The number of hydrogen-bond donors (Lipinski definition) is 0. The topological polar surface area (TPSA) is 73.8 Å². The molecule has 0 aromatic carbocycles. The minimum Gasteiger partial charge on any atom is -0.380 e. The van der Waals surface area contributed by atoms with E-state index in [-0.39, 0.29) is 45.1 Å². The molecule has 0 N–H and O–H groups in total. The van der Waals surface area contributed by atoms with Gasteiger partial charge in [0.2, 0.25) is 0 Å². The first-order chi connectivity index (χ1) is 30.4. The summed E-state index contributed by atoms with van der Waals surface area (Å²) in [5, 5.41) is 0. The van der Waals surface area contributed by atoms with Crippen molar-refractivity contribution in [3.8, 4) is 0 Å². The largest absolute Gasteiger partial charge is 0.380 e. The Bertz CT molecular complexity index is 1440. The Morgan fingerprint density at radius 3 is 1.06 bits per heavy atom. The molecule has 0 radical (unpaired) electrons. The third kappa shape index (κ3) is 7.94.